The van der Waals surface area contributed by atoms with Crippen LogP contribution in [0.25, 0.3) is 0 Å². The first-order valence-corrected chi connectivity index (χ1v) is 10.9. The Kier molecular flexibility index (Phi) is 8.18. The molecule has 0 unspecified atom stereocenters. The van der Waals surface area contributed by atoms with Gasteiger partial charge in [-0.25, -0.2) is 0 Å². The van der Waals surface area contributed by atoms with Crippen LogP contribution in [-0.2, 0) is 22.4 Å². The van der Waals surface area contributed by atoms with E-state index in [1.807, 2.05) is 52.3 Å². The maximum Gasteiger partial charge on any atom is 0.227 e. The van der Waals surface area contributed by atoms with Crippen LogP contribution in [0.2, 0.25) is 5.02 Å². The molecule has 0 aliphatic carbocycles. The molecule has 2 amide bonds. The van der Waals surface area contributed by atoms with Crippen molar-refractivity contribution in [2.24, 2.45) is 0 Å². The third-order valence-corrected chi connectivity index (χ3v) is 5.80. The van der Waals surface area contributed by atoms with Gasteiger partial charge in [-0.15, -0.1) is 0 Å². The highest BCUT2D eigenvalue weighted by Gasteiger charge is 2.22. The van der Waals surface area contributed by atoms with Gasteiger partial charge in [-0.3, -0.25) is 9.59 Å². The molecule has 2 aromatic rings. The number of hydrogen-bond donors (Lipinski definition) is 0. The zero-order chi connectivity index (χ0) is 22.2. The van der Waals surface area contributed by atoms with E-state index in [2.05, 4.69) is 0 Å². The number of halogens is 1. The van der Waals surface area contributed by atoms with Crippen LogP contribution in [0.4, 0.5) is 0 Å². The Morgan fingerprint density at radius 1 is 0.839 bits per heavy atom. The van der Waals surface area contributed by atoms with E-state index in [4.69, 9.17) is 21.1 Å². The Bertz CT molecular complexity index is 901. The normalized spacial score (nSPS) is 14.2. The smallest absolute Gasteiger partial charge is 0.227 e. The molecule has 0 bridgehead atoms. The summed E-state index contributed by atoms with van der Waals surface area (Å²) in [6.45, 7) is 2.46. The molecule has 1 aliphatic heterocycles. The lowest BCUT2D eigenvalue weighted by molar-refractivity contribution is -0.133. The Labute approximate surface area is 188 Å². The molecule has 3 rings (SSSR count). The number of aryl methyl sites for hydroxylation is 1. The van der Waals surface area contributed by atoms with Crippen LogP contribution >= 0.6 is 11.6 Å². The second-order valence-electron chi connectivity index (χ2n) is 7.61. The highest BCUT2D eigenvalue weighted by Crippen LogP contribution is 2.28. The third kappa shape index (κ3) is 6.37. The minimum Gasteiger partial charge on any atom is -0.493 e. The molecule has 166 valence electrons. The second kappa shape index (κ2) is 11.0. The number of methoxy groups -OCH3 is 2. The van der Waals surface area contributed by atoms with Crippen LogP contribution < -0.4 is 9.47 Å². The van der Waals surface area contributed by atoms with Crippen LogP contribution in [0.3, 0.4) is 0 Å². The van der Waals surface area contributed by atoms with Gasteiger partial charge in [0.2, 0.25) is 11.8 Å². The monoisotopic (exact) mass is 444 g/mol. The van der Waals surface area contributed by atoms with Crippen LogP contribution in [0.5, 0.6) is 11.5 Å². The van der Waals surface area contributed by atoms with Gasteiger partial charge in [-0.05, 0) is 48.2 Å². The highest BCUT2D eigenvalue weighted by atomic mass is 35.5. The minimum absolute atomic E-state index is 0.0580. The van der Waals surface area contributed by atoms with Gasteiger partial charge in [-0.1, -0.05) is 29.8 Å². The number of hydrogen-bond acceptors (Lipinski definition) is 4. The van der Waals surface area contributed by atoms with E-state index in [1.165, 1.54) is 0 Å². The van der Waals surface area contributed by atoms with E-state index >= 15 is 0 Å². The number of carbonyl (C=O) groups excluding carboxylic acids is 2. The predicted octanol–water partition coefficient (Wildman–Crippen LogP) is 3.59. The van der Waals surface area contributed by atoms with Crippen molar-refractivity contribution in [3.8, 4) is 11.5 Å². The van der Waals surface area contributed by atoms with Crippen molar-refractivity contribution >= 4 is 23.4 Å². The molecule has 1 aliphatic rings. The maximum atomic E-state index is 12.8. The molecular formula is C24H29ClN2O4. The molecule has 2 aromatic carbocycles. The van der Waals surface area contributed by atoms with Gasteiger partial charge in [0.15, 0.2) is 11.5 Å². The van der Waals surface area contributed by atoms with Gasteiger partial charge in [0, 0.05) is 37.6 Å². The Balaban J connectivity index is 1.51. The van der Waals surface area contributed by atoms with Crippen LogP contribution in [0.15, 0.2) is 42.5 Å². The standard InChI is InChI=1S/C24H29ClN2O4/c1-30-21-10-6-19(16-22(21)31-2)17-24(29)27-13-3-12-26(14-15-27)23(28)11-7-18-4-8-20(25)9-5-18/h4-6,8-10,16H,3,7,11-15,17H2,1-2H3. The molecule has 7 heteroatoms. The second-order valence-corrected chi connectivity index (χ2v) is 8.04. The average molecular weight is 445 g/mol. The van der Waals surface area contributed by atoms with Crippen molar-refractivity contribution in [2.45, 2.75) is 25.7 Å². The van der Waals surface area contributed by atoms with Crippen LogP contribution in [-0.4, -0.2) is 62.0 Å². The average Bonchev–Trinajstić information content (AvgIpc) is 3.05. The molecule has 0 saturated carbocycles. The van der Waals surface area contributed by atoms with E-state index in [0.29, 0.717) is 62.0 Å². The van der Waals surface area contributed by atoms with E-state index in [1.54, 1.807) is 14.2 Å². The lowest BCUT2D eigenvalue weighted by atomic mass is 10.1. The van der Waals surface area contributed by atoms with Gasteiger partial charge >= 0.3 is 0 Å². The van der Waals surface area contributed by atoms with Crippen molar-refractivity contribution in [3.63, 3.8) is 0 Å². The summed E-state index contributed by atoms with van der Waals surface area (Å²) in [4.78, 5) is 29.2. The molecular weight excluding hydrogens is 416 g/mol. The SMILES string of the molecule is COc1ccc(CC(=O)N2CCCN(C(=O)CCc3ccc(Cl)cc3)CC2)cc1OC. The first-order valence-electron chi connectivity index (χ1n) is 10.5. The zero-order valence-electron chi connectivity index (χ0n) is 18.1. The number of ether oxygens (including phenoxy) is 2. The molecule has 31 heavy (non-hydrogen) atoms. The Morgan fingerprint density at radius 2 is 1.45 bits per heavy atom. The Hall–Kier alpha value is -2.73. The van der Waals surface area contributed by atoms with Crippen molar-refractivity contribution in [1.82, 2.24) is 9.80 Å². The first-order chi connectivity index (χ1) is 15.0. The summed E-state index contributed by atoms with van der Waals surface area (Å²) >= 11 is 5.91. The maximum absolute atomic E-state index is 12.8. The molecule has 6 nitrogen and oxygen atoms in total. The number of benzene rings is 2. The van der Waals surface area contributed by atoms with Crippen LogP contribution in [0, 0.1) is 0 Å². The number of amides is 2. The summed E-state index contributed by atoms with van der Waals surface area (Å²) < 4.78 is 10.6. The Morgan fingerprint density at radius 3 is 2.10 bits per heavy atom. The van der Waals surface area contributed by atoms with E-state index in [9.17, 15) is 9.59 Å². The van der Waals surface area contributed by atoms with Crippen molar-refractivity contribution in [1.29, 1.82) is 0 Å². The van der Waals surface area contributed by atoms with Crippen molar-refractivity contribution in [3.05, 3.63) is 58.6 Å². The van der Waals surface area contributed by atoms with Crippen LogP contribution in [0.1, 0.15) is 24.0 Å². The number of nitrogens with zero attached hydrogens (tertiary/aromatic N) is 2. The lowest BCUT2D eigenvalue weighted by Gasteiger charge is -2.22. The molecule has 0 atom stereocenters. The molecule has 0 spiro atoms. The number of rotatable bonds is 7. The van der Waals surface area contributed by atoms with Crippen molar-refractivity contribution in [2.75, 3.05) is 40.4 Å². The summed E-state index contributed by atoms with van der Waals surface area (Å²) in [5.41, 5.74) is 1.97. The van der Waals surface area contributed by atoms with Crippen molar-refractivity contribution < 1.29 is 19.1 Å². The molecule has 1 heterocycles. The fourth-order valence-corrected chi connectivity index (χ4v) is 3.88. The van der Waals surface area contributed by atoms with Gasteiger partial charge in [0.25, 0.3) is 0 Å². The minimum atomic E-state index is 0.0580. The lowest BCUT2D eigenvalue weighted by Crippen LogP contribution is -2.38. The molecule has 1 fully saturated rings. The van der Waals surface area contributed by atoms with E-state index in [0.717, 1.165) is 17.5 Å². The molecule has 0 N–H and O–H groups in total. The van der Waals surface area contributed by atoms with E-state index < -0.39 is 0 Å². The summed E-state index contributed by atoms with van der Waals surface area (Å²) in [5.74, 6) is 1.44. The molecule has 1 saturated heterocycles. The quantitative estimate of drug-likeness (QED) is 0.654. The van der Waals surface area contributed by atoms with Gasteiger partial charge in [0.05, 0.1) is 20.6 Å². The van der Waals surface area contributed by atoms with Gasteiger partial charge in [0.1, 0.15) is 0 Å². The first kappa shape index (κ1) is 22.9. The largest absolute Gasteiger partial charge is 0.493 e. The predicted molar refractivity (Wildman–Crippen MR) is 121 cm³/mol. The summed E-state index contributed by atoms with van der Waals surface area (Å²) in [6, 6.07) is 13.1. The third-order valence-electron chi connectivity index (χ3n) is 5.55. The van der Waals surface area contributed by atoms with Gasteiger partial charge in [-0.2, -0.15) is 0 Å². The summed E-state index contributed by atoms with van der Waals surface area (Å²) in [5, 5.41) is 0.695. The fourth-order valence-electron chi connectivity index (χ4n) is 3.75. The summed E-state index contributed by atoms with van der Waals surface area (Å²) in [6.07, 6.45) is 2.23. The van der Waals surface area contributed by atoms with E-state index in [-0.39, 0.29) is 11.8 Å². The molecule has 0 aromatic heterocycles. The molecule has 0 radical (unpaired) electrons. The topological polar surface area (TPSA) is 59.1 Å². The van der Waals surface area contributed by atoms with Gasteiger partial charge < -0.3 is 19.3 Å². The fraction of sp³-hybridized carbons (Fsp3) is 0.417. The zero-order valence-corrected chi connectivity index (χ0v) is 18.9. The highest BCUT2D eigenvalue weighted by molar-refractivity contribution is 6.30. The number of carbonyl (C=O) groups is 2. The summed E-state index contributed by atoms with van der Waals surface area (Å²) in [7, 11) is 3.17.